The number of halogens is 3. The molecule has 84 valence electrons. The van der Waals surface area contributed by atoms with E-state index < -0.39 is 17.7 Å². The summed E-state index contributed by atoms with van der Waals surface area (Å²) in [6, 6.07) is 4.79. The fourth-order valence-electron chi connectivity index (χ4n) is 1.27. The van der Waals surface area contributed by atoms with Crippen LogP contribution in [0.2, 0.25) is 0 Å². The van der Waals surface area contributed by atoms with E-state index in [-0.39, 0.29) is 11.3 Å². The normalized spacial score (nSPS) is 11.9. The summed E-state index contributed by atoms with van der Waals surface area (Å²) >= 11 is 0. The molecule has 0 atom stereocenters. The molecule has 0 aliphatic carbocycles. The van der Waals surface area contributed by atoms with Crippen molar-refractivity contribution in [2.45, 2.75) is 6.18 Å². The number of benzene rings is 1. The van der Waals surface area contributed by atoms with Gasteiger partial charge < -0.3 is 9.52 Å². The minimum atomic E-state index is -4.96. The predicted octanol–water partition coefficient (Wildman–Crippen LogP) is 2.88. The highest BCUT2D eigenvalue weighted by molar-refractivity contribution is 6.01. The van der Waals surface area contributed by atoms with Crippen LogP contribution in [0.4, 0.5) is 13.2 Å². The molecule has 3 nitrogen and oxygen atoms in total. The monoisotopic (exact) mass is 230 g/mol. The van der Waals surface area contributed by atoms with E-state index in [0.717, 1.165) is 12.1 Å². The van der Waals surface area contributed by atoms with Gasteiger partial charge in [0.15, 0.2) is 5.76 Å². The molecule has 0 bridgehead atoms. The first-order valence-corrected chi connectivity index (χ1v) is 4.22. The van der Waals surface area contributed by atoms with Gasteiger partial charge in [0, 0.05) is 11.5 Å². The van der Waals surface area contributed by atoms with Crippen molar-refractivity contribution in [2.24, 2.45) is 0 Å². The lowest BCUT2D eigenvalue weighted by Gasteiger charge is -2.00. The number of aromatic hydroxyl groups is 1. The summed E-state index contributed by atoms with van der Waals surface area (Å²) in [5, 5.41) is 9.40. The Morgan fingerprint density at radius 2 is 1.94 bits per heavy atom. The van der Waals surface area contributed by atoms with Gasteiger partial charge in [-0.05, 0) is 18.2 Å². The van der Waals surface area contributed by atoms with E-state index >= 15 is 0 Å². The van der Waals surface area contributed by atoms with E-state index in [1.54, 1.807) is 0 Å². The molecule has 0 saturated carbocycles. The van der Waals surface area contributed by atoms with Gasteiger partial charge in [0.1, 0.15) is 11.3 Å². The van der Waals surface area contributed by atoms with Crippen molar-refractivity contribution < 1.29 is 27.5 Å². The fraction of sp³-hybridized carbons (Fsp3) is 0.100. The second-order valence-corrected chi connectivity index (χ2v) is 3.16. The topological polar surface area (TPSA) is 50.4 Å². The predicted molar refractivity (Wildman–Crippen MR) is 48.3 cm³/mol. The lowest BCUT2D eigenvalue weighted by molar-refractivity contribution is -0.0898. The van der Waals surface area contributed by atoms with Crippen molar-refractivity contribution in [1.29, 1.82) is 0 Å². The molecule has 1 aromatic carbocycles. The first kappa shape index (κ1) is 10.5. The average molecular weight is 230 g/mol. The smallest absolute Gasteiger partial charge is 0.458 e. The minimum Gasteiger partial charge on any atom is -0.508 e. The summed E-state index contributed by atoms with van der Waals surface area (Å²) in [5.41, 5.74) is 0.0348. The third-order valence-electron chi connectivity index (χ3n) is 1.98. The maximum Gasteiger partial charge on any atom is 0.458 e. The summed E-state index contributed by atoms with van der Waals surface area (Å²) < 4.78 is 41.0. The number of hydrogen-bond acceptors (Lipinski definition) is 3. The maximum absolute atomic E-state index is 12.1. The first-order valence-electron chi connectivity index (χ1n) is 4.22. The Morgan fingerprint density at radius 1 is 1.25 bits per heavy atom. The van der Waals surface area contributed by atoms with Gasteiger partial charge >= 0.3 is 12.0 Å². The van der Waals surface area contributed by atoms with E-state index in [9.17, 15) is 18.0 Å². The number of carbonyl (C=O) groups is 1. The average Bonchev–Trinajstić information content (AvgIpc) is 2.57. The van der Waals surface area contributed by atoms with Gasteiger partial charge in [-0.1, -0.05) is 0 Å². The highest BCUT2D eigenvalue weighted by Gasteiger charge is 2.41. The molecule has 0 amide bonds. The molecule has 1 N–H and O–H groups in total. The zero-order valence-electron chi connectivity index (χ0n) is 7.71. The lowest BCUT2D eigenvalue weighted by atomic mass is 10.2. The van der Waals surface area contributed by atoms with E-state index in [1.165, 1.54) is 12.1 Å². The molecule has 0 radical (unpaired) electrons. The van der Waals surface area contributed by atoms with Gasteiger partial charge in [-0.25, -0.2) is 0 Å². The fourth-order valence-corrected chi connectivity index (χ4v) is 1.27. The molecule has 1 aromatic heterocycles. The van der Waals surface area contributed by atoms with Crippen molar-refractivity contribution in [1.82, 2.24) is 0 Å². The van der Waals surface area contributed by atoms with Crippen molar-refractivity contribution in [3.05, 3.63) is 30.0 Å². The van der Waals surface area contributed by atoms with Crippen LogP contribution in [-0.2, 0) is 0 Å². The van der Waals surface area contributed by atoms with E-state index in [2.05, 4.69) is 0 Å². The van der Waals surface area contributed by atoms with Crippen molar-refractivity contribution in [3.8, 4) is 5.75 Å². The van der Waals surface area contributed by atoms with Crippen LogP contribution in [0.5, 0.6) is 5.75 Å². The number of hydrogen-bond donors (Lipinski definition) is 1. The van der Waals surface area contributed by atoms with Crippen LogP contribution < -0.4 is 0 Å². The molecular weight excluding hydrogens is 225 g/mol. The Hall–Kier alpha value is -1.98. The number of fused-ring (bicyclic) bond motifs is 1. The number of alkyl halides is 3. The highest BCUT2D eigenvalue weighted by Crippen LogP contribution is 2.28. The number of ketones is 1. The van der Waals surface area contributed by atoms with Crippen molar-refractivity contribution in [3.63, 3.8) is 0 Å². The molecule has 2 rings (SSSR count). The molecule has 16 heavy (non-hydrogen) atoms. The Kier molecular flexibility index (Phi) is 2.15. The number of Topliss-reactive ketones (excluding diaryl/α,β-unsaturated/α-hetero) is 1. The van der Waals surface area contributed by atoms with Crippen LogP contribution in [0.3, 0.4) is 0 Å². The van der Waals surface area contributed by atoms with Crippen LogP contribution in [0.15, 0.2) is 28.7 Å². The Bertz CT molecular complexity index is 554. The molecule has 0 saturated heterocycles. The number of phenolic OH excluding ortho intramolecular Hbond substituents is 1. The van der Waals surface area contributed by atoms with Gasteiger partial charge in [0.05, 0.1) is 0 Å². The number of furan rings is 1. The van der Waals surface area contributed by atoms with Crippen molar-refractivity contribution in [2.75, 3.05) is 0 Å². The number of carbonyl (C=O) groups excluding carboxylic acids is 1. The lowest BCUT2D eigenvalue weighted by Crippen LogP contribution is -2.21. The highest BCUT2D eigenvalue weighted by atomic mass is 19.4. The SMILES string of the molecule is O=C(c1cc2ccc(O)cc2o1)C(F)(F)F. The molecule has 0 aliphatic heterocycles. The number of phenols is 1. The van der Waals surface area contributed by atoms with Gasteiger partial charge in [-0.15, -0.1) is 0 Å². The van der Waals surface area contributed by atoms with Crippen molar-refractivity contribution >= 4 is 16.8 Å². The van der Waals surface area contributed by atoms with Gasteiger partial charge in [0.25, 0.3) is 0 Å². The van der Waals surface area contributed by atoms with Crippen LogP contribution in [0.25, 0.3) is 11.0 Å². The summed E-state index contributed by atoms with van der Waals surface area (Å²) in [5.74, 6) is -2.97. The van der Waals surface area contributed by atoms with Gasteiger partial charge in [-0.2, -0.15) is 13.2 Å². The largest absolute Gasteiger partial charge is 0.508 e. The van der Waals surface area contributed by atoms with Crippen LogP contribution in [0.1, 0.15) is 10.6 Å². The molecule has 0 aliphatic rings. The second kappa shape index (κ2) is 3.26. The zero-order valence-corrected chi connectivity index (χ0v) is 7.71. The Labute approximate surface area is 87.1 Å². The third-order valence-corrected chi connectivity index (χ3v) is 1.98. The molecule has 1 heterocycles. The van der Waals surface area contributed by atoms with E-state index in [0.29, 0.717) is 5.39 Å². The standard InChI is InChI=1S/C10H5F3O3/c11-10(12,13)9(15)8-3-5-1-2-6(14)4-7(5)16-8/h1-4,14H. The molecular formula is C10H5F3O3. The maximum atomic E-state index is 12.1. The molecule has 0 unspecified atom stereocenters. The number of rotatable bonds is 1. The zero-order chi connectivity index (χ0) is 11.9. The van der Waals surface area contributed by atoms with Crippen LogP contribution in [0, 0.1) is 0 Å². The van der Waals surface area contributed by atoms with Crippen LogP contribution in [-0.4, -0.2) is 17.1 Å². The summed E-state index contributed by atoms with van der Waals surface area (Å²) in [6.45, 7) is 0. The molecule has 2 aromatic rings. The van der Waals surface area contributed by atoms with E-state index in [1.807, 2.05) is 0 Å². The summed E-state index contributed by atoms with van der Waals surface area (Å²) in [6.07, 6.45) is -4.96. The second-order valence-electron chi connectivity index (χ2n) is 3.16. The van der Waals surface area contributed by atoms with Gasteiger partial charge in [-0.3, -0.25) is 4.79 Å². The van der Waals surface area contributed by atoms with E-state index in [4.69, 9.17) is 9.52 Å². The molecule has 0 spiro atoms. The Morgan fingerprint density at radius 3 is 2.56 bits per heavy atom. The summed E-state index contributed by atoms with van der Waals surface area (Å²) in [4.78, 5) is 10.8. The summed E-state index contributed by atoms with van der Waals surface area (Å²) in [7, 11) is 0. The Balaban J connectivity index is 2.52. The first-order chi connectivity index (χ1) is 7.38. The van der Waals surface area contributed by atoms with Crippen LogP contribution >= 0.6 is 0 Å². The molecule has 6 heteroatoms. The molecule has 0 fully saturated rings. The van der Waals surface area contributed by atoms with Gasteiger partial charge in [0.2, 0.25) is 0 Å². The third kappa shape index (κ3) is 1.73. The minimum absolute atomic E-state index is 0.0348. The quantitative estimate of drug-likeness (QED) is 0.766.